The van der Waals surface area contributed by atoms with E-state index in [9.17, 15) is 0 Å². The number of hydrogen-bond donors (Lipinski definition) is 2. The van der Waals surface area contributed by atoms with Gasteiger partial charge < -0.3 is 24.8 Å². The zero-order valence-corrected chi connectivity index (χ0v) is 15.1. The fourth-order valence-electron chi connectivity index (χ4n) is 2.30. The molecule has 24 heavy (non-hydrogen) atoms. The van der Waals surface area contributed by atoms with Crippen molar-refractivity contribution in [1.82, 2.24) is 5.32 Å². The van der Waals surface area contributed by atoms with Gasteiger partial charge in [-0.15, -0.1) is 0 Å². The number of aryl methyl sites for hydroxylation is 1. The lowest BCUT2D eigenvalue weighted by Crippen LogP contribution is -2.28. The van der Waals surface area contributed by atoms with Gasteiger partial charge in [0.15, 0.2) is 16.6 Å². The number of methoxy groups -OCH3 is 3. The van der Waals surface area contributed by atoms with Crippen LogP contribution in [0.3, 0.4) is 0 Å². The SMILES string of the molecule is COc1cc(CNC(=S)Nc2ccccc2C)cc(OC)c1OC. The maximum atomic E-state index is 5.36. The Kier molecular flexibility index (Phi) is 6.26. The Hall–Kier alpha value is -2.47. The average molecular weight is 346 g/mol. The molecule has 6 heteroatoms. The minimum atomic E-state index is 0.536. The topological polar surface area (TPSA) is 51.8 Å². The maximum Gasteiger partial charge on any atom is 0.203 e. The summed E-state index contributed by atoms with van der Waals surface area (Å²) in [6, 6.07) is 11.8. The third kappa shape index (κ3) is 4.29. The summed E-state index contributed by atoms with van der Waals surface area (Å²) in [7, 11) is 4.78. The minimum absolute atomic E-state index is 0.536. The van der Waals surface area contributed by atoms with Crippen LogP contribution < -0.4 is 24.8 Å². The van der Waals surface area contributed by atoms with E-state index < -0.39 is 0 Å². The van der Waals surface area contributed by atoms with Crippen molar-refractivity contribution in [2.24, 2.45) is 0 Å². The normalized spacial score (nSPS) is 10.0. The number of thiocarbonyl (C=S) groups is 1. The van der Waals surface area contributed by atoms with E-state index in [0.29, 0.717) is 28.9 Å². The molecule has 0 unspecified atom stereocenters. The van der Waals surface area contributed by atoms with E-state index in [2.05, 4.69) is 10.6 Å². The molecular formula is C18H22N2O3S. The highest BCUT2D eigenvalue weighted by atomic mass is 32.1. The quantitative estimate of drug-likeness (QED) is 0.781. The van der Waals surface area contributed by atoms with E-state index in [1.807, 2.05) is 43.3 Å². The molecule has 0 heterocycles. The monoisotopic (exact) mass is 346 g/mol. The van der Waals surface area contributed by atoms with Crippen molar-refractivity contribution in [2.75, 3.05) is 26.6 Å². The molecule has 0 fully saturated rings. The number of ether oxygens (including phenoxy) is 3. The van der Waals surface area contributed by atoms with Gasteiger partial charge in [0, 0.05) is 12.2 Å². The van der Waals surface area contributed by atoms with Crippen molar-refractivity contribution in [3.63, 3.8) is 0 Å². The Morgan fingerprint density at radius 3 is 2.17 bits per heavy atom. The molecule has 0 amide bonds. The summed E-state index contributed by atoms with van der Waals surface area (Å²) in [5, 5.41) is 6.93. The Balaban J connectivity index is 2.06. The number of rotatable bonds is 6. The van der Waals surface area contributed by atoms with E-state index in [0.717, 1.165) is 16.8 Å². The number of hydrogen-bond acceptors (Lipinski definition) is 4. The number of benzene rings is 2. The average Bonchev–Trinajstić information content (AvgIpc) is 2.60. The molecule has 0 spiro atoms. The van der Waals surface area contributed by atoms with Gasteiger partial charge in [0.2, 0.25) is 5.75 Å². The first-order valence-corrected chi connectivity index (χ1v) is 7.89. The van der Waals surface area contributed by atoms with Crippen LogP contribution in [0.15, 0.2) is 36.4 Å². The smallest absolute Gasteiger partial charge is 0.203 e. The Morgan fingerprint density at radius 1 is 1.00 bits per heavy atom. The largest absolute Gasteiger partial charge is 0.493 e. The van der Waals surface area contributed by atoms with Crippen molar-refractivity contribution in [2.45, 2.75) is 13.5 Å². The molecule has 0 bridgehead atoms. The van der Waals surface area contributed by atoms with E-state index in [1.54, 1.807) is 21.3 Å². The molecule has 0 aliphatic rings. The van der Waals surface area contributed by atoms with E-state index in [4.69, 9.17) is 26.4 Å². The second kappa shape index (κ2) is 8.40. The highest BCUT2D eigenvalue weighted by Crippen LogP contribution is 2.38. The molecule has 128 valence electrons. The predicted molar refractivity (Wildman–Crippen MR) is 100 cm³/mol. The summed E-state index contributed by atoms with van der Waals surface area (Å²) in [6.45, 7) is 2.57. The van der Waals surface area contributed by atoms with E-state index >= 15 is 0 Å². The molecule has 2 aromatic rings. The van der Waals surface area contributed by atoms with Gasteiger partial charge in [0.05, 0.1) is 21.3 Å². The van der Waals surface area contributed by atoms with Crippen molar-refractivity contribution >= 4 is 23.0 Å². The fraction of sp³-hybridized carbons (Fsp3) is 0.278. The molecular weight excluding hydrogens is 324 g/mol. The summed E-state index contributed by atoms with van der Waals surface area (Å²) in [5.74, 6) is 1.81. The van der Waals surface area contributed by atoms with Crippen LogP contribution in [-0.4, -0.2) is 26.4 Å². The lowest BCUT2D eigenvalue weighted by Gasteiger charge is -2.16. The molecule has 0 radical (unpaired) electrons. The van der Waals surface area contributed by atoms with Gasteiger partial charge in [0.25, 0.3) is 0 Å². The molecule has 0 saturated carbocycles. The Labute approximate surface area is 147 Å². The van der Waals surface area contributed by atoms with Crippen LogP contribution in [0.25, 0.3) is 0 Å². The molecule has 0 aliphatic carbocycles. The third-order valence-electron chi connectivity index (χ3n) is 3.57. The first kappa shape index (κ1) is 17.9. The summed E-state index contributed by atoms with van der Waals surface area (Å²) < 4.78 is 16.0. The molecule has 2 N–H and O–H groups in total. The number of anilines is 1. The third-order valence-corrected chi connectivity index (χ3v) is 3.82. The van der Waals surface area contributed by atoms with Crippen LogP contribution in [-0.2, 0) is 6.54 Å². The van der Waals surface area contributed by atoms with Crippen LogP contribution in [0, 0.1) is 6.92 Å². The zero-order chi connectivity index (χ0) is 17.5. The van der Waals surface area contributed by atoms with Crippen molar-refractivity contribution in [1.29, 1.82) is 0 Å². The zero-order valence-electron chi connectivity index (χ0n) is 14.3. The van der Waals surface area contributed by atoms with Gasteiger partial charge in [-0.3, -0.25) is 0 Å². The van der Waals surface area contributed by atoms with Crippen LogP contribution in [0.2, 0.25) is 0 Å². The van der Waals surface area contributed by atoms with E-state index in [1.165, 1.54) is 0 Å². The van der Waals surface area contributed by atoms with Gasteiger partial charge in [0.1, 0.15) is 0 Å². The van der Waals surface area contributed by atoms with Gasteiger partial charge in [-0.25, -0.2) is 0 Å². The predicted octanol–water partition coefficient (Wildman–Crippen LogP) is 3.51. The standard InChI is InChI=1S/C18H22N2O3S/c1-12-7-5-6-8-14(12)20-18(24)19-11-13-9-15(21-2)17(23-4)16(10-13)22-3/h5-10H,11H2,1-4H3,(H2,19,20,24). The van der Waals surface area contributed by atoms with Crippen molar-refractivity contribution in [3.8, 4) is 17.2 Å². The summed E-state index contributed by atoms with van der Waals surface area (Å²) in [5.41, 5.74) is 3.09. The maximum absolute atomic E-state index is 5.36. The van der Waals surface area contributed by atoms with Crippen LogP contribution in [0.4, 0.5) is 5.69 Å². The molecule has 0 atom stereocenters. The van der Waals surface area contributed by atoms with Gasteiger partial charge in [-0.05, 0) is 48.5 Å². The van der Waals surface area contributed by atoms with Crippen molar-refractivity contribution in [3.05, 3.63) is 47.5 Å². The first-order valence-electron chi connectivity index (χ1n) is 7.48. The summed E-state index contributed by atoms with van der Waals surface area (Å²) in [6.07, 6.45) is 0. The fourth-order valence-corrected chi connectivity index (χ4v) is 2.48. The highest BCUT2D eigenvalue weighted by Gasteiger charge is 2.13. The molecule has 5 nitrogen and oxygen atoms in total. The molecule has 2 aromatic carbocycles. The van der Waals surface area contributed by atoms with Gasteiger partial charge in [-0.1, -0.05) is 18.2 Å². The highest BCUT2D eigenvalue weighted by molar-refractivity contribution is 7.80. The van der Waals surface area contributed by atoms with Crippen LogP contribution in [0.5, 0.6) is 17.2 Å². The van der Waals surface area contributed by atoms with Crippen LogP contribution >= 0.6 is 12.2 Å². The summed E-state index contributed by atoms with van der Waals surface area (Å²) in [4.78, 5) is 0. The van der Waals surface area contributed by atoms with E-state index in [-0.39, 0.29) is 0 Å². The molecule has 2 rings (SSSR count). The second-order valence-corrected chi connectivity index (χ2v) is 5.56. The molecule has 0 aliphatic heterocycles. The minimum Gasteiger partial charge on any atom is -0.493 e. The number of para-hydroxylation sites is 1. The van der Waals surface area contributed by atoms with Crippen molar-refractivity contribution < 1.29 is 14.2 Å². The Morgan fingerprint density at radius 2 is 1.62 bits per heavy atom. The lowest BCUT2D eigenvalue weighted by atomic mass is 10.2. The molecule has 0 aromatic heterocycles. The van der Waals surface area contributed by atoms with Crippen LogP contribution in [0.1, 0.15) is 11.1 Å². The lowest BCUT2D eigenvalue weighted by molar-refractivity contribution is 0.323. The summed E-state index contributed by atoms with van der Waals surface area (Å²) >= 11 is 5.36. The Bertz CT molecular complexity index is 694. The second-order valence-electron chi connectivity index (χ2n) is 5.16. The number of nitrogens with one attached hydrogen (secondary N) is 2. The van der Waals surface area contributed by atoms with Gasteiger partial charge >= 0.3 is 0 Å². The molecule has 0 saturated heterocycles. The van der Waals surface area contributed by atoms with Gasteiger partial charge in [-0.2, -0.15) is 0 Å². The first-order chi connectivity index (χ1) is 11.6.